The van der Waals surface area contributed by atoms with Crippen LogP contribution in [0.25, 0.3) is 51.2 Å². The molecule has 5 aromatic rings. The largest absolute Gasteiger partial charge is 0.487 e. The molecule has 1 aromatic heterocycles. The Labute approximate surface area is 211 Å². The molecule has 0 fully saturated rings. The zero-order valence-corrected chi connectivity index (χ0v) is 20.7. The van der Waals surface area contributed by atoms with Crippen LogP contribution in [-0.2, 0) is 0 Å². The summed E-state index contributed by atoms with van der Waals surface area (Å²) in [5.41, 5.74) is 6.64. The number of nitrogens with zero attached hydrogens (tertiary/aromatic N) is 2. The summed E-state index contributed by atoms with van der Waals surface area (Å²) in [6, 6.07) is 32.6. The maximum absolute atomic E-state index is 6.28. The molecule has 0 amide bonds. The van der Waals surface area contributed by atoms with Gasteiger partial charge in [0.1, 0.15) is 11.4 Å². The zero-order valence-electron chi connectivity index (χ0n) is 20.7. The summed E-state index contributed by atoms with van der Waals surface area (Å²) in [6.07, 6.45) is 1.84. The molecular weight excluding hydrogens is 444 g/mol. The van der Waals surface area contributed by atoms with Crippen LogP contribution >= 0.6 is 0 Å². The van der Waals surface area contributed by atoms with Gasteiger partial charge >= 0.3 is 0 Å². The molecule has 178 valence electrons. The fraction of sp³-hybridized carbons (Fsp3) is 0.125. The number of para-hydroxylation sites is 1. The zero-order chi connectivity index (χ0) is 25.1. The molecule has 36 heavy (non-hydrogen) atoms. The van der Waals surface area contributed by atoms with Gasteiger partial charge in [-0.2, -0.15) is 0 Å². The molecule has 0 saturated carbocycles. The molecule has 0 saturated heterocycles. The summed E-state index contributed by atoms with van der Waals surface area (Å²) >= 11 is 0. The van der Waals surface area contributed by atoms with Crippen molar-refractivity contribution in [2.45, 2.75) is 26.4 Å². The fourth-order valence-corrected chi connectivity index (χ4v) is 4.08. The molecule has 0 radical (unpaired) electrons. The topological polar surface area (TPSA) is 48.2 Å². The Morgan fingerprint density at radius 1 is 0.667 bits per heavy atom. The van der Waals surface area contributed by atoms with Crippen LogP contribution in [0, 0.1) is 0 Å². The Kier molecular flexibility index (Phi) is 6.26. The minimum atomic E-state index is -0.352. The van der Waals surface area contributed by atoms with E-state index in [-0.39, 0.29) is 5.60 Å². The molecule has 0 bridgehead atoms. The van der Waals surface area contributed by atoms with Crippen molar-refractivity contribution in [1.29, 1.82) is 0 Å². The van der Waals surface area contributed by atoms with E-state index < -0.39 is 0 Å². The van der Waals surface area contributed by atoms with E-state index in [2.05, 4.69) is 71.4 Å². The third kappa shape index (κ3) is 4.98. The van der Waals surface area contributed by atoms with Crippen molar-refractivity contribution in [3.63, 3.8) is 0 Å². The van der Waals surface area contributed by atoms with Gasteiger partial charge in [-0.1, -0.05) is 91.5 Å². The van der Waals surface area contributed by atoms with E-state index in [1.165, 1.54) is 0 Å². The highest BCUT2D eigenvalue weighted by Crippen LogP contribution is 2.38. The van der Waals surface area contributed by atoms with Gasteiger partial charge in [-0.15, -0.1) is 10.2 Å². The Hall–Kier alpha value is -4.44. The average molecular weight is 473 g/mol. The van der Waals surface area contributed by atoms with E-state index in [0.717, 1.165) is 38.9 Å². The highest BCUT2D eigenvalue weighted by Gasteiger charge is 2.20. The lowest BCUT2D eigenvalue weighted by atomic mass is 9.94. The summed E-state index contributed by atoms with van der Waals surface area (Å²) in [5.74, 6) is 1.59. The van der Waals surface area contributed by atoms with Crippen LogP contribution in [0.3, 0.4) is 0 Å². The Morgan fingerprint density at radius 3 is 2.00 bits per heavy atom. The fourth-order valence-electron chi connectivity index (χ4n) is 4.08. The van der Waals surface area contributed by atoms with Crippen LogP contribution in [0.5, 0.6) is 5.75 Å². The van der Waals surface area contributed by atoms with Gasteiger partial charge in [-0.3, -0.25) is 0 Å². The monoisotopic (exact) mass is 472 g/mol. The van der Waals surface area contributed by atoms with Crippen LogP contribution in [0.15, 0.2) is 108 Å². The third-order valence-electron chi connectivity index (χ3n) is 5.77. The number of hydrogen-bond acceptors (Lipinski definition) is 4. The second-order valence-corrected chi connectivity index (χ2v) is 9.58. The van der Waals surface area contributed by atoms with E-state index >= 15 is 0 Å². The predicted octanol–water partition coefficient (Wildman–Crippen LogP) is 8.56. The molecule has 0 aliphatic carbocycles. The third-order valence-corrected chi connectivity index (χ3v) is 5.77. The van der Waals surface area contributed by atoms with Crippen LogP contribution in [-0.4, -0.2) is 15.8 Å². The Bertz CT molecular complexity index is 1490. The first-order chi connectivity index (χ1) is 17.4. The number of hydrogen-bond donors (Lipinski definition) is 0. The lowest BCUT2D eigenvalue weighted by molar-refractivity contribution is 0.131. The van der Waals surface area contributed by atoms with Crippen molar-refractivity contribution in [2.75, 3.05) is 0 Å². The lowest BCUT2D eigenvalue weighted by Crippen LogP contribution is -2.23. The predicted molar refractivity (Wildman–Crippen MR) is 147 cm³/mol. The molecule has 4 nitrogen and oxygen atoms in total. The second-order valence-electron chi connectivity index (χ2n) is 9.58. The van der Waals surface area contributed by atoms with Gasteiger partial charge < -0.3 is 9.15 Å². The SMILES string of the molecule is C=Cc1ccc(-c2ccc(-c3ccccc3)c(-c3nnc(-c4ccccc4OC(C)(C)C)o3)c2)cc1. The van der Waals surface area contributed by atoms with Crippen LogP contribution in [0.4, 0.5) is 0 Å². The van der Waals surface area contributed by atoms with Gasteiger partial charge in [0, 0.05) is 5.56 Å². The van der Waals surface area contributed by atoms with Crippen molar-refractivity contribution in [3.8, 4) is 50.9 Å². The van der Waals surface area contributed by atoms with Gasteiger partial charge in [0.25, 0.3) is 5.89 Å². The van der Waals surface area contributed by atoms with Gasteiger partial charge in [-0.25, -0.2) is 0 Å². The standard InChI is InChI=1S/C32H28N2O2/c1-5-22-15-17-23(18-16-22)25-19-20-26(24-11-7-6-8-12-24)28(21-25)31-34-33-30(35-31)27-13-9-10-14-29(27)36-32(2,3)4/h5-21H,1H2,2-4H3. The lowest BCUT2D eigenvalue weighted by Gasteiger charge is -2.22. The molecule has 4 aromatic carbocycles. The molecule has 1 heterocycles. The summed E-state index contributed by atoms with van der Waals surface area (Å²) < 4.78 is 12.4. The minimum absolute atomic E-state index is 0.352. The van der Waals surface area contributed by atoms with Crippen molar-refractivity contribution < 1.29 is 9.15 Å². The highest BCUT2D eigenvalue weighted by molar-refractivity contribution is 5.84. The van der Waals surface area contributed by atoms with Crippen LogP contribution < -0.4 is 4.74 Å². The molecule has 0 atom stereocenters. The smallest absolute Gasteiger partial charge is 0.251 e. The second kappa shape index (κ2) is 9.67. The molecule has 4 heteroatoms. The summed E-state index contributed by atoms with van der Waals surface area (Å²) in [5, 5.41) is 8.87. The number of benzene rings is 4. The van der Waals surface area contributed by atoms with Crippen molar-refractivity contribution in [1.82, 2.24) is 10.2 Å². The molecule has 0 N–H and O–H groups in total. The van der Waals surface area contributed by atoms with Crippen molar-refractivity contribution in [2.24, 2.45) is 0 Å². The number of rotatable bonds is 6. The molecule has 0 aliphatic heterocycles. The van der Waals surface area contributed by atoms with Gasteiger partial charge in [0.15, 0.2) is 0 Å². The molecule has 0 spiro atoms. The quantitative estimate of drug-likeness (QED) is 0.248. The molecular formula is C32H28N2O2. The van der Waals surface area contributed by atoms with Gasteiger partial charge in [0.05, 0.1) is 5.56 Å². The highest BCUT2D eigenvalue weighted by atomic mass is 16.5. The Balaban J connectivity index is 1.61. The Morgan fingerprint density at radius 2 is 1.31 bits per heavy atom. The summed E-state index contributed by atoms with van der Waals surface area (Å²) in [6.45, 7) is 9.90. The first kappa shape index (κ1) is 23.3. The van der Waals surface area contributed by atoms with Crippen molar-refractivity contribution >= 4 is 6.08 Å². The summed E-state index contributed by atoms with van der Waals surface area (Å²) in [4.78, 5) is 0. The van der Waals surface area contributed by atoms with E-state index in [0.29, 0.717) is 17.5 Å². The van der Waals surface area contributed by atoms with Crippen molar-refractivity contribution in [3.05, 3.63) is 109 Å². The van der Waals surface area contributed by atoms with Gasteiger partial charge in [0.2, 0.25) is 5.89 Å². The summed E-state index contributed by atoms with van der Waals surface area (Å²) in [7, 11) is 0. The number of aromatic nitrogens is 2. The van der Waals surface area contributed by atoms with E-state index in [1.807, 2.05) is 69.3 Å². The van der Waals surface area contributed by atoms with Crippen LogP contribution in [0.2, 0.25) is 0 Å². The van der Waals surface area contributed by atoms with E-state index in [4.69, 9.17) is 9.15 Å². The number of ether oxygens (including phenoxy) is 1. The maximum atomic E-state index is 6.28. The molecule has 0 aliphatic rings. The normalized spacial score (nSPS) is 11.3. The average Bonchev–Trinajstić information content (AvgIpc) is 3.38. The van der Waals surface area contributed by atoms with E-state index in [1.54, 1.807) is 0 Å². The molecule has 5 rings (SSSR count). The molecule has 0 unspecified atom stereocenters. The first-order valence-corrected chi connectivity index (χ1v) is 12.0. The van der Waals surface area contributed by atoms with Gasteiger partial charge in [-0.05, 0) is 66.8 Å². The minimum Gasteiger partial charge on any atom is -0.487 e. The first-order valence-electron chi connectivity index (χ1n) is 12.0. The maximum Gasteiger partial charge on any atom is 0.251 e. The van der Waals surface area contributed by atoms with E-state index in [9.17, 15) is 0 Å². The van der Waals surface area contributed by atoms with Crippen LogP contribution in [0.1, 0.15) is 26.3 Å².